The number of amides is 15. The van der Waals surface area contributed by atoms with Crippen LogP contribution in [0.4, 0.5) is 24.5 Å². The minimum atomic E-state index is -5.12. The Kier molecular flexibility index (Phi) is 39.7. The number of aliphatic hydroxyl groups is 1. The van der Waals surface area contributed by atoms with Crippen LogP contribution in [0.15, 0.2) is 61.3 Å². The number of carbonyl (C=O) groups is 15. The summed E-state index contributed by atoms with van der Waals surface area (Å²) in [6.07, 6.45) is -5.01. The van der Waals surface area contributed by atoms with Crippen LogP contribution in [0.25, 0.3) is 5.69 Å². The van der Waals surface area contributed by atoms with Crippen LogP contribution in [0, 0.1) is 41.4 Å². The van der Waals surface area contributed by atoms with Gasteiger partial charge in [0.15, 0.2) is 5.69 Å². The number of hydrogen-bond acceptors (Lipinski definition) is 17. The maximum Gasteiger partial charge on any atom is 0.434 e. The molecule has 0 aliphatic carbocycles. The second-order valence-corrected chi connectivity index (χ2v) is 34.5. The summed E-state index contributed by atoms with van der Waals surface area (Å²) in [6, 6.07) is -4.77. The number of nitrogens with one attached hydrogen (secondary N) is 8. The third kappa shape index (κ3) is 28.8. The highest BCUT2D eigenvalue weighted by atomic mass is 35.5. The fraction of sp³-hybridized carbons (Fsp3) is 0.624. The van der Waals surface area contributed by atoms with Crippen molar-refractivity contribution in [1.29, 1.82) is 0 Å². The van der Waals surface area contributed by atoms with Gasteiger partial charge in [0.05, 0.1) is 30.1 Å². The number of benzene rings is 2. The van der Waals surface area contributed by atoms with Gasteiger partial charge in [0.25, 0.3) is 11.8 Å². The predicted molar refractivity (Wildman–Crippen MR) is 455 cm³/mol. The van der Waals surface area contributed by atoms with E-state index in [-0.39, 0.29) is 116 Å². The molecule has 3 aromatic rings. The summed E-state index contributed by atoms with van der Waals surface area (Å²) < 4.78 is 44.6. The van der Waals surface area contributed by atoms with Crippen LogP contribution in [0.1, 0.15) is 189 Å². The zero-order valence-corrected chi connectivity index (χ0v) is 75.4. The third-order valence-corrected chi connectivity index (χ3v) is 21.6. The molecule has 0 radical (unpaired) electrons. The molecule has 0 unspecified atom stereocenters. The molecule has 1 saturated heterocycles. The first-order chi connectivity index (χ1) is 56.7. The van der Waals surface area contributed by atoms with Crippen LogP contribution in [0.3, 0.4) is 0 Å². The average Bonchev–Trinajstić information content (AvgIpc) is 1.67. The van der Waals surface area contributed by atoms with E-state index in [9.17, 15) is 71.0 Å². The third-order valence-electron chi connectivity index (χ3n) is 21.4. The molecule has 0 spiro atoms. The van der Waals surface area contributed by atoms with E-state index >= 15 is 19.2 Å². The first-order valence-electron chi connectivity index (χ1n) is 41.3. The molecule has 0 saturated carbocycles. The molecule has 12 atom stereocenters. The van der Waals surface area contributed by atoms with Crippen LogP contribution in [-0.4, -0.2) is 273 Å². The van der Waals surface area contributed by atoms with E-state index < -0.39 is 197 Å². The fourth-order valence-corrected chi connectivity index (χ4v) is 14.6. The van der Waals surface area contributed by atoms with E-state index in [1.54, 1.807) is 41.5 Å². The second-order valence-electron chi connectivity index (χ2n) is 34.0. The minimum absolute atomic E-state index is 0.00521. The van der Waals surface area contributed by atoms with Gasteiger partial charge < -0.3 is 81.9 Å². The Bertz CT molecular complexity index is 4210. The topological polar surface area (TPSA) is 413 Å². The molecule has 0 bridgehead atoms. The summed E-state index contributed by atoms with van der Waals surface area (Å²) in [5.74, 6) is -14.5. The minimum Gasteiger partial charge on any atom is -0.390 e. The second kappa shape index (κ2) is 46.7. The summed E-state index contributed by atoms with van der Waals surface area (Å²) in [6.45, 7) is 29.7. The highest BCUT2D eigenvalue weighted by Crippen LogP contribution is 2.35. The maximum atomic E-state index is 15.6. The quantitative estimate of drug-likeness (QED) is 0.0316. The summed E-state index contributed by atoms with van der Waals surface area (Å²) in [7, 11) is 9.49. The number of aliphatic hydroxyl groups excluding tert-OH is 1. The monoisotopic (exact) mass is 1740 g/mol. The Morgan fingerprint density at radius 1 is 0.566 bits per heavy atom. The molecule has 2 aromatic carbocycles. The molecule has 37 heteroatoms. The lowest BCUT2D eigenvalue weighted by Crippen LogP contribution is -2.63. The Balaban J connectivity index is 1.70. The number of aromatic nitrogens is 2. The SMILES string of the molecule is C=CC(=O)Nc1cc(Cl)cc(NC(=O)c2cnn(-c3ccc(C(=O)NCCNC(=O)CCC[C@@H](C)[C@@H](O)[C@H]4C(=O)N[C@@H](CC)C(=O)N(C)CC(=O)N(C)[C@@H](CC(C)C)C(=O)N[C@@H](C(C)C)C(=O)N(C)[C@@H](CC(C)C)C(=O)N[C@@H](C)C(=O)N[C@H](C)C(=O)N(C)[C@@H](CC(C)C)C(=O)N(C)[C@@H](CC(C)C)C(=O)N(C)[C@@H](C(C)C)C(=O)N4C)cc3)c2C(F)(F)F)c1. The summed E-state index contributed by atoms with van der Waals surface area (Å²) in [5, 5.41) is 37.4. The van der Waals surface area contributed by atoms with Crippen molar-refractivity contribution in [2.45, 2.75) is 235 Å². The Morgan fingerprint density at radius 3 is 1.57 bits per heavy atom. The van der Waals surface area contributed by atoms with Crippen molar-refractivity contribution in [2.75, 3.05) is 79.6 Å². The highest BCUT2D eigenvalue weighted by Gasteiger charge is 2.47. The van der Waals surface area contributed by atoms with Crippen LogP contribution in [0.2, 0.25) is 5.02 Å². The largest absolute Gasteiger partial charge is 0.434 e. The molecule has 1 aliphatic rings. The average molecular weight is 1740 g/mol. The first-order valence-corrected chi connectivity index (χ1v) is 41.7. The number of hydrogen-bond donors (Lipinski definition) is 9. The van der Waals surface area contributed by atoms with Crippen LogP contribution < -0.4 is 42.5 Å². The Labute approximate surface area is 719 Å². The lowest BCUT2D eigenvalue weighted by atomic mass is 9.90. The van der Waals surface area contributed by atoms with E-state index in [2.05, 4.69) is 54.2 Å². The van der Waals surface area contributed by atoms with E-state index in [0.29, 0.717) is 10.9 Å². The van der Waals surface area contributed by atoms with Gasteiger partial charge in [0.2, 0.25) is 76.8 Å². The number of nitrogens with zero attached hydrogens (tertiary/aromatic N) is 9. The molecule has 1 aromatic heterocycles. The van der Waals surface area contributed by atoms with Gasteiger partial charge in [0, 0.05) is 90.8 Å². The molecule has 1 fully saturated rings. The van der Waals surface area contributed by atoms with Crippen molar-refractivity contribution in [3.63, 3.8) is 0 Å². The highest BCUT2D eigenvalue weighted by molar-refractivity contribution is 6.31. The van der Waals surface area contributed by atoms with E-state index in [0.717, 1.165) is 20.8 Å². The molecule has 15 amide bonds. The number of anilines is 2. The number of carbonyl (C=O) groups excluding carboxylic acids is 15. The smallest absolute Gasteiger partial charge is 0.390 e. The fourth-order valence-electron chi connectivity index (χ4n) is 14.4. The van der Waals surface area contributed by atoms with Gasteiger partial charge in [-0.25, -0.2) is 4.68 Å². The molecule has 122 heavy (non-hydrogen) atoms. The zero-order chi connectivity index (χ0) is 92.7. The molecular formula is C85H129ClF3N17O16. The molecule has 2 heterocycles. The summed E-state index contributed by atoms with van der Waals surface area (Å²) in [5.41, 5.74) is -2.39. The van der Waals surface area contributed by atoms with Gasteiger partial charge in [-0.2, -0.15) is 18.3 Å². The number of likely N-dealkylation sites (N-methyl/N-ethyl adjacent to an activating group) is 7. The van der Waals surface area contributed by atoms with Gasteiger partial charge in [-0.3, -0.25) is 71.9 Å². The van der Waals surface area contributed by atoms with Crippen molar-refractivity contribution in [3.8, 4) is 5.69 Å². The van der Waals surface area contributed by atoms with E-state index in [1.807, 2.05) is 55.4 Å². The lowest BCUT2D eigenvalue weighted by molar-refractivity contribution is -0.157. The van der Waals surface area contributed by atoms with Crippen molar-refractivity contribution in [2.24, 2.45) is 41.4 Å². The van der Waals surface area contributed by atoms with Crippen molar-refractivity contribution >= 4 is 112 Å². The normalized spacial score (nSPS) is 22.1. The summed E-state index contributed by atoms with van der Waals surface area (Å²) in [4.78, 5) is 223. The van der Waals surface area contributed by atoms with E-state index in [4.69, 9.17) is 11.6 Å². The maximum absolute atomic E-state index is 15.6. The molecular weight excluding hydrogens is 1610 g/mol. The zero-order valence-electron chi connectivity index (χ0n) is 74.7. The lowest BCUT2D eigenvalue weighted by Gasteiger charge is -2.41. The Hall–Kier alpha value is -10.5. The number of rotatable bonds is 26. The van der Waals surface area contributed by atoms with Gasteiger partial charge in [-0.05, 0) is 149 Å². The number of halogens is 4. The standard InChI is InChI=1S/C85H129ClF3N17O16/c1-25-60-80(118)99(18)44-67(109)100(19)61(36-45(3)4)77(115)98-68(49(11)12)83(121)101(20)62(37-46(5)6)76(114)93-52(16)73(111)94-53(17)79(117)102(21)63(38-47(7)8)81(119)103(22)64(39-48(9)10)82(120)104(23)69(50(13)14)84(122)105(24)70(78(116)97-60)71(110)51(15)28-27-29-66(108)90-34-35-91-74(112)54-30-32-58(33-31-54)106-72(85(87,88)89)59(43-92-106)75(113)96-57-41-55(86)40-56(42-57)95-65(107)26-2/h26,30-33,40-43,45-53,60-64,68-71,110H,2,25,27-29,34-39,44H2,1,3-24H3,(H,90,108)(H,91,112)(H,93,114)(H,94,111)(H,95,107)(H,96,113)(H,97,116)(H,98,115)/t51-,52+,53-,60+,61+,62+,63+,64+,68+,69+,70+,71-/m1/s1. The molecule has 33 nitrogen and oxygen atoms in total. The van der Waals surface area contributed by atoms with Gasteiger partial charge in [0.1, 0.15) is 60.4 Å². The van der Waals surface area contributed by atoms with Gasteiger partial charge in [-0.15, -0.1) is 0 Å². The van der Waals surface area contributed by atoms with Crippen LogP contribution >= 0.6 is 11.6 Å². The summed E-state index contributed by atoms with van der Waals surface area (Å²) >= 11 is 6.14. The van der Waals surface area contributed by atoms with Gasteiger partial charge >= 0.3 is 6.18 Å². The predicted octanol–water partition coefficient (Wildman–Crippen LogP) is 6.25. The van der Waals surface area contributed by atoms with Crippen LogP contribution in [0.5, 0.6) is 0 Å². The van der Waals surface area contributed by atoms with Crippen molar-refractivity contribution < 1.29 is 90.2 Å². The van der Waals surface area contributed by atoms with Crippen molar-refractivity contribution in [1.82, 2.24) is 76.0 Å². The van der Waals surface area contributed by atoms with E-state index in [1.165, 1.54) is 125 Å². The van der Waals surface area contributed by atoms with Gasteiger partial charge in [-0.1, -0.05) is 115 Å². The first kappa shape index (κ1) is 104. The molecule has 678 valence electrons. The molecule has 1 aliphatic heterocycles. The molecule has 4 rings (SSSR count). The molecule has 9 N–H and O–H groups in total. The van der Waals surface area contributed by atoms with Crippen LogP contribution in [-0.2, 0) is 68.5 Å². The number of alkyl halides is 3. The van der Waals surface area contributed by atoms with Crippen molar-refractivity contribution in [3.05, 3.63) is 83.2 Å². The Morgan fingerprint density at radius 2 is 1.05 bits per heavy atom.